The van der Waals surface area contributed by atoms with Crippen LogP contribution in [0.15, 0.2) is 23.2 Å². The minimum absolute atomic E-state index is 0.311. The average Bonchev–Trinajstić information content (AvgIpc) is 3.32. The minimum Gasteiger partial charge on any atom is -0.493 e. The van der Waals surface area contributed by atoms with Crippen LogP contribution in [0.25, 0.3) is 0 Å². The van der Waals surface area contributed by atoms with Gasteiger partial charge in [0.15, 0.2) is 17.5 Å². The molecule has 0 spiro atoms. The standard InChI is InChI=1S/C20H31N3O2/c1-21-20(22-13-12-15-10-11-15)23-14-16-6-5-9-18(24-2)19(16)25-17-7-3-4-8-17/h5-6,9,15,17H,3-4,7-8,10-14H2,1-2H3,(H2,21,22,23). The van der Waals surface area contributed by atoms with Gasteiger partial charge < -0.3 is 20.1 Å². The van der Waals surface area contributed by atoms with Crippen LogP contribution >= 0.6 is 0 Å². The fraction of sp³-hybridized carbons (Fsp3) is 0.650. The summed E-state index contributed by atoms with van der Waals surface area (Å²) in [7, 11) is 3.51. The summed E-state index contributed by atoms with van der Waals surface area (Å²) < 4.78 is 11.8. The molecule has 2 aliphatic carbocycles. The van der Waals surface area contributed by atoms with Gasteiger partial charge in [-0.1, -0.05) is 25.0 Å². The Morgan fingerprint density at radius 2 is 1.96 bits per heavy atom. The van der Waals surface area contributed by atoms with Gasteiger partial charge in [-0.2, -0.15) is 0 Å². The van der Waals surface area contributed by atoms with Crippen molar-refractivity contribution in [3.63, 3.8) is 0 Å². The number of para-hydroxylation sites is 1. The van der Waals surface area contributed by atoms with E-state index in [-0.39, 0.29) is 0 Å². The third kappa shape index (κ3) is 5.28. The van der Waals surface area contributed by atoms with Crippen LogP contribution in [0.2, 0.25) is 0 Å². The summed E-state index contributed by atoms with van der Waals surface area (Å²) in [5.74, 6) is 3.45. The highest BCUT2D eigenvalue weighted by Crippen LogP contribution is 2.35. The first kappa shape index (κ1) is 17.9. The van der Waals surface area contributed by atoms with E-state index in [1.807, 2.05) is 19.2 Å². The van der Waals surface area contributed by atoms with Crippen molar-refractivity contribution in [2.24, 2.45) is 10.9 Å². The van der Waals surface area contributed by atoms with E-state index in [1.54, 1.807) is 7.11 Å². The molecule has 0 radical (unpaired) electrons. The van der Waals surface area contributed by atoms with Gasteiger partial charge in [0, 0.05) is 25.7 Å². The third-order valence-corrected chi connectivity index (χ3v) is 5.08. The first-order valence-electron chi connectivity index (χ1n) is 9.57. The molecule has 0 unspecified atom stereocenters. The molecule has 25 heavy (non-hydrogen) atoms. The predicted molar refractivity (Wildman–Crippen MR) is 101 cm³/mol. The molecule has 2 fully saturated rings. The van der Waals surface area contributed by atoms with Crippen LogP contribution in [-0.2, 0) is 6.54 Å². The summed E-state index contributed by atoms with van der Waals surface area (Å²) >= 11 is 0. The molecule has 2 aliphatic rings. The zero-order valence-electron chi connectivity index (χ0n) is 15.5. The van der Waals surface area contributed by atoms with Gasteiger partial charge >= 0.3 is 0 Å². The maximum Gasteiger partial charge on any atom is 0.191 e. The van der Waals surface area contributed by atoms with Crippen molar-refractivity contribution in [2.45, 2.75) is 57.6 Å². The van der Waals surface area contributed by atoms with Crippen molar-refractivity contribution < 1.29 is 9.47 Å². The van der Waals surface area contributed by atoms with E-state index < -0.39 is 0 Å². The highest BCUT2D eigenvalue weighted by molar-refractivity contribution is 5.79. The average molecular weight is 345 g/mol. The van der Waals surface area contributed by atoms with Crippen molar-refractivity contribution >= 4 is 5.96 Å². The second-order valence-electron chi connectivity index (χ2n) is 7.06. The van der Waals surface area contributed by atoms with Gasteiger partial charge in [-0.15, -0.1) is 0 Å². The lowest BCUT2D eigenvalue weighted by atomic mass is 10.1. The Labute approximate surface area is 151 Å². The molecular weight excluding hydrogens is 314 g/mol. The van der Waals surface area contributed by atoms with Crippen molar-refractivity contribution in [2.75, 3.05) is 20.7 Å². The number of hydrogen-bond acceptors (Lipinski definition) is 3. The Kier molecular flexibility index (Phi) is 6.42. The third-order valence-electron chi connectivity index (χ3n) is 5.08. The number of aliphatic imine (C=N–C) groups is 1. The van der Waals surface area contributed by atoms with Crippen molar-refractivity contribution in [3.05, 3.63) is 23.8 Å². The van der Waals surface area contributed by atoms with Crippen molar-refractivity contribution in [3.8, 4) is 11.5 Å². The molecule has 5 nitrogen and oxygen atoms in total. The summed E-state index contributed by atoms with van der Waals surface area (Å²) in [6.45, 7) is 1.65. The summed E-state index contributed by atoms with van der Waals surface area (Å²) in [5.41, 5.74) is 1.11. The lowest BCUT2D eigenvalue weighted by molar-refractivity contribution is 0.198. The fourth-order valence-electron chi connectivity index (χ4n) is 3.37. The molecule has 1 aromatic rings. The van der Waals surface area contributed by atoms with Gasteiger partial charge in [-0.05, 0) is 44.1 Å². The Morgan fingerprint density at radius 3 is 2.64 bits per heavy atom. The molecule has 2 saturated carbocycles. The van der Waals surface area contributed by atoms with Gasteiger partial charge in [0.25, 0.3) is 0 Å². The van der Waals surface area contributed by atoms with Crippen LogP contribution in [0.4, 0.5) is 0 Å². The number of nitrogens with zero attached hydrogens (tertiary/aromatic N) is 1. The molecule has 0 atom stereocenters. The highest BCUT2D eigenvalue weighted by atomic mass is 16.5. The summed E-state index contributed by atoms with van der Waals surface area (Å²) in [6, 6.07) is 6.08. The van der Waals surface area contributed by atoms with E-state index in [1.165, 1.54) is 32.1 Å². The quantitative estimate of drug-likeness (QED) is 0.559. The first-order valence-corrected chi connectivity index (χ1v) is 9.57. The van der Waals surface area contributed by atoms with Crippen LogP contribution in [-0.4, -0.2) is 32.8 Å². The smallest absolute Gasteiger partial charge is 0.191 e. The largest absolute Gasteiger partial charge is 0.493 e. The minimum atomic E-state index is 0.311. The van der Waals surface area contributed by atoms with Crippen molar-refractivity contribution in [1.82, 2.24) is 10.6 Å². The molecule has 0 aliphatic heterocycles. The highest BCUT2D eigenvalue weighted by Gasteiger charge is 2.21. The molecule has 0 heterocycles. The van der Waals surface area contributed by atoms with E-state index in [2.05, 4.69) is 21.7 Å². The number of nitrogens with one attached hydrogen (secondary N) is 2. The molecule has 3 rings (SSSR count). The zero-order valence-corrected chi connectivity index (χ0v) is 15.5. The van der Waals surface area contributed by atoms with E-state index in [9.17, 15) is 0 Å². The second kappa shape index (κ2) is 8.97. The Balaban J connectivity index is 1.59. The lowest BCUT2D eigenvalue weighted by Crippen LogP contribution is -2.37. The van der Waals surface area contributed by atoms with E-state index in [0.29, 0.717) is 12.6 Å². The van der Waals surface area contributed by atoms with Crippen LogP contribution in [0.5, 0.6) is 11.5 Å². The number of ether oxygens (including phenoxy) is 2. The Morgan fingerprint density at radius 1 is 1.16 bits per heavy atom. The summed E-state index contributed by atoms with van der Waals surface area (Å²) in [6.07, 6.45) is 9.10. The maximum atomic E-state index is 6.29. The monoisotopic (exact) mass is 345 g/mol. The number of rotatable bonds is 8. The molecule has 0 saturated heterocycles. The second-order valence-corrected chi connectivity index (χ2v) is 7.06. The predicted octanol–water partition coefficient (Wildman–Crippen LogP) is 3.48. The Bertz CT molecular complexity index is 578. The normalized spacial score (nSPS) is 18.2. The molecule has 0 amide bonds. The van der Waals surface area contributed by atoms with E-state index in [4.69, 9.17) is 9.47 Å². The summed E-state index contributed by atoms with van der Waals surface area (Å²) in [4.78, 5) is 4.32. The topological polar surface area (TPSA) is 54.9 Å². The molecule has 1 aromatic carbocycles. The van der Waals surface area contributed by atoms with Crippen LogP contribution in [0.3, 0.4) is 0 Å². The van der Waals surface area contributed by atoms with Gasteiger partial charge in [0.05, 0.1) is 13.2 Å². The number of benzene rings is 1. The van der Waals surface area contributed by atoms with E-state index >= 15 is 0 Å². The van der Waals surface area contributed by atoms with E-state index in [0.717, 1.165) is 48.3 Å². The lowest BCUT2D eigenvalue weighted by Gasteiger charge is -2.20. The summed E-state index contributed by atoms with van der Waals surface area (Å²) in [5, 5.41) is 6.80. The van der Waals surface area contributed by atoms with Gasteiger partial charge in [0.2, 0.25) is 0 Å². The molecule has 138 valence electrons. The fourth-order valence-corrected chi connectivity index (χ4v) is 3.37. The Hall–Kier alpha value is -1.91. The number of methoxy groups -OCH3 is 1. The van der Waals surface area contributed by atoms with Gasteiger partial charge in [0.1, 0.15) is 0 Å². The maximum absolute atomic E-state index is 6.29. The molecule has 0 bridgehead atoms. The van der Waals surface area contributed by atoms with Crippen LogP contribution < -0.4 is 20.1 Å². The molecule has 5 heteroatoms. The van der Waals surface area contributed by atoms with Gasteiger partial charge in [-0.3, -0.25) is 4.99 Å². The SMILES string of the molecule is CN=C(NCCC1CC1)NCc1cccc(OC)c1OC1CCCC1. The molecule has 0 aromatic heterocycles. The zero-order chi connectivity index (χ0) is 17.5. The van der Waals surface area contributed by atoms with Crippen molar-refractivity contribution in [1.29, 1.82) is 0 Å². The number of hydrogen-bond donors (Lipinski definition) is 2. The van der Waals surface area contributed by atoms with Crippen LogP contribution in [0.1, 0.15) is 50.5 Å². The number of guanidine groups is 1. The first-order chi connectivity index (χ1) is 12.3. The van der Waals surface area contributed by atoms with Gasteiger partial charge in [-0.25, -0.2) is 0 Å². The molecule has 2 N–H and O–H groups in total. The van der Waals surface area contributed by atoms with Crippen LogP contribution in [0, 0.1) is 5.92 Å². The molecular formula is C20H31N3O2.